The van der Waals surface area contributed by atoms with Crippen LogP contribution in [0.3, 0.4) is 0 Å². The van der Waals surface area contributed by atoms with Gasteiger partial charge in [-0.25, -0.2) is 18.4 Å². The van der Waals surface area contributed by atoms with Gasteiger partial charge in [-0.3, -0.25) is 4.68 Å². The number of carbonyl (C=O) groups is 2. The van der Waals surface area contributed by atoms with E-state index in [9.17, 15) is 9.59 Å². The minimum atomic E-state index is -0.887. The van der Waals surface area contributed by atoms with Gasteiger partial charge < -0.3 is 19.8 Å². The van der Waals surface area contributed by atoms with Crippen molar-refractivity contribution in [1.29, 1.82) is 0 Å². The van der Waals surface area contributed by atoms with Gasteiger partial charge in [-0.05, 0) is 44.0 Å². The molecular weight excluding hydrogens is 538 g/mol. The minimum Gasteiger partial charge on any atom is -0.462 e. The Kier molecular flexibility index (Phi) is 7.31. The average molecular weight is 561 g/mol. The largest absolute Gasteiger partial charge is 0.462 e. The highest BCUT2D eigenvalue weighted by Crippen LogP contribution is 2.51. The van der Waals surface area contributed by atoms with E-state index in [-0.39, 0.29) is 46.7 Å². The van der Waals surface area contributed by atoms with Crippen molar-refractivity contribution in [2.75, 3.05) is 13.2 Å². The molecular formula is C26H23ClF2N4O4S. The lowest BCUT2D eigenvalue weighted by molar-refractivity contribution is 0.0520. The Morgan fingerprint density at radius 3 is 2.68 bits per heavy atom. The highest BCUT2D eigenvalue weighted by Gasteiger charge is 2.35. The van der Waals surface area contributed by atoms with Gasteiger partial charge >= 0.3 is 12.1 Å². The molecule has 1 amide bonds. The number of primary amides is 1. The molecule has 1 aliphatic rings. The van der Waals surface area contributed by atoms with Crippen molar-refractivity contribution >= 4 is 46.3 Å². The Labute approximate surface area is 225 Å². The van der Waals surface area contributed by atoms with E-state index in [2.05, 4.69) is 5.10 Å². The van der Waals surface area contributed by atoms with E-state index in [0.717, 1.165) is 30.3 Å². The first-order valence-corrected chi connectivity index (χ1v) is 13.1. The van der Waals surface area contributed by atoms with Crippen LogP contribution in [0.2, 0.25) is 5.02 Å². The summed E-state index contributed by atoms with van der Waals surface area (Å²) in [4.78, 5) is 24.0. The molecule has 2 heterocycles. The third-order valence-corrected chi connectivity index (χ3v) is 7.55. The van der Waals surface area contributed by atoms with Gasteiger partial charge in [0.25, 0.3) is 0 Å². The quantitative estimate of drug-likeness (QED) is 0.250. The van der Waals surface area contributed by atoms with Gasteiger partial charge in [0, 0.05) is 33.0 Å². The average Bonchev–Trinajstić information content (AvgIpc) is 3.52. The molecule has 0 unspecified atom stereocenters. The van der Waals surface area contributed by atoms with Gasteiger partial charge in [0.15, 0.2) is 11.6 Å². The van der Waals surface area contributed by atoms with Crippen LogP contribution in [0.15, 0.2) is 52.5 Å². The molecule has 2 aromatic heterocycles. The van der Waals surface area contributed by atoms with Crippen LogP contribution in [0.5, 0.6) is 0 Å². The van der Waals surface area contributed by atoms with Crippen molar-refractivity contribution in [2.45, 2.75) is 42.0 Å². The van der Waals surface area contributed by atoms with Crippen LogP contribution in [-0.4, -0.2) is 39.6 Å². The second-order valence-corrected chi connectivity index (χ2v) is 10.1. The lowest BCUT2D eigenvalue weighted by atomic mass is 10.2. The molecule has 12 heteroatoms. The Hall–Kier alpha value is -3.57. The fourth-order valence-corrected chi connectivity index (χ4v) is 5.65. The first-order valence-electron chi connectivity index (χ1n) is 11.9. The fraction of sp³-hybridized carbons (Fsp3) is 0.269. The number of nitrogens with two attached hydrogens (primary N) is 1. The Morgan fingerprint density at radius 1 is 1.18 bits per heavy atom. The molecule has 5 rings (SSSR count). The van der Waals surface area contributed by atoms with Crippen molar-refractivity contribution < 1.29 is 27.8 Å². The van der Waals surface area contributed by atoms with Crippen molar-refractivity contribution in [1.82, 2.24) is 14.3 Å². The van der Waals surface area contributed by atoms with Crippen LogP contribution < -0.4 is 5.73 Å². The lowest BCUT2D eigenvalue weighted by Crippen LogP contribution is -2.16. The summed E-state index contributed by atoms with van der Waals surface area (Å²) in [5.74, 6) is -1.94. The Morgan fingerprint density at radius 2 is 1.97 bits per heavy atom. The third-order valence-electron chi connectivity index (χ3n) is 6.09. The molecule has 0 bridgehead atoms. The molecule has 0 saturated heterocycles. The summed E-state index contributed by atoms with van der Waals surface area (Å²) in [5, 5.41) is 4.83. The fourth-order valence-electron chi connectivity index (χ4n) is 4.30. The van der Waals surface area contributed by atoms with Crippen LogP contribution >= 0.6 is 23.4 Å². The van der Waals surface area contributed by atoms with Gasteiger partial charge in [-0.1, -0.05) is 29.4 Å². The SMILES string of the molecule is CCOC(=O)c1cccc(Sc2c(C3CC3)n(-c3cnn(CCOC(N)=O)c3)c3c(F)c(Cl)ccc23)c1F. The zero-order chi connectivity index (χ0) is 27.0. The Bertz CT molecular complexity index is 1550. The summed E-state index contributed by atoms with van der Waals surface area (Å²) in [6.07, 6.45) is 4.15. The second kappa shape index (κ2) is 10.7. The maximum Gasteiger partial charge on any atom is 0.404 e. The molecule has 1 fully saturated rings. The molecule has 38 heavy (non-hydrogen) atoms. The van der Waals surface area contributed by atoms with E-state index >= 15 is 8.78 Å². The number of ether oxygens (including phenoxy) is 2. The lowest BCUT2D eigenvalue weighted by Gasteiger charge is -2.11. The van der Waals surface area contributed by atoms with Gasteiger partial charge in [0.05, 0.1) is 41.1 Å². The summed E-state index contributed by atoms with van der Waals surface area (Å²) in [6.45, 7) is 2.04. The molecule has 2 aromatic carbocycles. The number of halogens is 3. The van der Waals surface area contributed by atoms with Crippen LogP contribution in [0.4, 0.5) is 13.6 Å². The molecule has 1 aliphatic carbocycles. The van der Waals surface area contributed by atoms with Crippen molar-refractivity contribution in [2.24, 2.45) is 5.73 Å². The highest BCUT2D eigenvalue weighted by molar-refractivity contribution is 7.99. The summed E-state index contributed by atoms with van der Waals surface area (Å²) >= 11 is 7.32. The number of rotatable bonds is 9. The van der Waals surface area contributed by atoms with Gasteiger partial charge in [0.2, 0.25) is 0 Å². The Balaban J connectivity index is 1.64. The molecule has 0 spiro atoms. The number of hydrogen-bond acceptors (Lipinski definition) is 6. The smallest absolute Gasteiger partial charge is 0.404 e. The number of carbonyl (C=O) groups excluding carboxylic acids is 2. The normalized spacial score (nSPS) is 13.2. The molecule has 1 saturated carbocycles. The van der Waals surface area contributed by atoms with Gasteiger partial charge in [0.1, 0.15) is 6.61 Å². The number of nitrogens with zero attached hydrogens (tertiary/aromatic N) is 3. The monoisotopic (exact) mass is 560 g/mol. The number of hydrogen-bond donors (Lipinski definition) is 1. The molecule has 0 aliphatic heterocycles. The van der Waals surface area contributed by atoms with E-state index < -0.39 is 23.7 Å². The molecule has 198 valence electrons. The highest BCUT2D eigenvalue weighted by atomic mass is 35.5. The van der Waals surface area contributed by atoms with E-state index in [1.807, 2.05) is 0 Å². The predicted octanol–water partition coefficient (Wildman–Crippen LogP) is 6.06. The summed E-state index contributed by atoms with van der Waals surface area (Å²) in [6, 6.07) is 7.72. The third kappa shape index (κ3) is 4.95. The zero-order valence-corrected chi connectivity index (χ0v) is 21.8. The van der Waals surface area contributed by atoms with E-state index in [0.29, 0.717) is 16.0 Å². The number of aromatic nitrogens is 3. The van der Waals surface area contributed by atoms with Crippen molar-refractivity contribution in [3.8, 4) is 5.69 Å². The van der Waals surface area contributed by atoms with Crippen molar-refractivity contribution in [3.63, 3.8) is 0 Å². The first kappa shape index (κ1) is 26.1. The van der Waals surface area contributed by atoms with Crippen LogP contribution in [-0.2, 0) is 16.0 Å². The number of fused-ring (bicyclic) bond motifs is 1. The number of benzene rings is 2. The van der Waals surface area contributed by atoms with Gasteiger partial charge in [-0.15, -0.1) is 0 Å². The summed E-state index contributed by atoms with van der Waals surface area (Å²) in [5.41, 5.74) is 6.48. The van der Waals surface area contributed by atoms with Crippen molar-refractivity contribution in [3.05, 3.63) is 70.6 Å². The maximum absolute atomic E-state index is 15.6. The van der Waals surface area contributed by atoms with E-state index in [1.165, 1.54) is 12.1 Å². The standard InChI is InChI=1S/C26H23ClF2N4O4S/c1-2-36-25(34)16-4-3-5-19(20(16)28)38-24-17-8-9-18(27)21(29)23(17)33(22(24)14-6-7-14)15-12-31-32(13-15)10-11-37-26(30)35/h3-5,8-9,12-14H,2,6-7,10-11H2,1H3,(H2,30,35). The topological polar surface area (TPSA) is 101 Å². The molecule has 2 N–H and O–H groups in total. The van der Waals surface area contributed by atoms with Crippen LogP contribution in [0.25, 0.3) is 16.6 Å². The molecule has 4 aromatic rings. The maximum atomic E-state index is 15.6. The first-order chi connectivity index (χ1) is 18.3. The summed E-state index contributed by atoms with van der Waals surface area (Å²) in [7, 11) is 0. The summed E-state index contributed by atoms with van der Waals surface area (Å²) < 4.78 is 44.1. The van der Waals surface area contributed by atoms with E-state index in [4.69, 9.17) is 26.8 Å². The minimum absolute atomic E-state index is 0.0235. The van der Waals surface area contributed by atoms with Crippen LogP contribution in [0.1, 0.15) is 41.7 Å². The second-order valence-electron chi connectivity index (χ2n) is 8.65. The zero-order valence-electron chi connectivity index (χ0n) is 20.2. The molecule has 0 radical (unpaired) electrons. The molecule has 0 atom stereocenters. The van der Waals surface area contributed by atoms with E-state index in [1.54, 1.807) is 46.8 Å². The predicted molar refractivity (Wildman–Crippen MR) is 138 cm³/mol. The molecule has 8 nitrogen and oxygen atoms in total. The van der Waals surface area contributed by atoms with Crippen LogP contribution in [0, 0.1) is 11.6 Å². The van der Waals surface area contributed by atoms with Gasteiger partial charge in [-0.2, -0.15) is 5.10 Å². The number of esters is 1. The number of amides is 1.